The van der Waals surface area contributed by atoms with Crippen molar-refractivity contribution >= 4 is 51.9 Å². The van der Waals surface area contributed by atoms with Crippen LogP contribution < -0.4 is 15.8 Å². The second-order valence-corrected chi connectivity index (χ2v) is 8.84. The zero-order valence-electron chi connectivity index (χ0n) is 16.0. The molecule has 1 aliphatic rings. The maximum Gasteiger partial charge on any atom is 0.255 e. The monoisotopic (exact) mass is 461 g/mol. The minimum atomic E-state index is -2.90. The summed E-state index contributed by atoms with van der Waals surface area (Å²) in [6.45, 7) is 1.65. The van der Waals surface area contributed by atoms with Crippen LogP contribution in [0.3, 0.4) is 0 Å². The number of nitrogens with zero attached hydrogens (tertiary/aromatic N) is 1. The molecule has 1 heterocycles. The molecule has 0 spiro atoms. The fraction of sp³-hybridized carbons (Fsp3) is 0.316. The molecule has 2 aromatic rings. The van der Waals surface area contributed by atoms with Gasteiger partial charge in [-0.1, -0.05) is 12.1 Å². The van der Waals surface area contributed by atoms with Crippen molar-refractivity contribution in [2.75, 3.05) is 42.8 Å². The maximum absolute atomic E-state index is 12.5. The molecule has 160 valence electrons. The van der Waals surface area contributed by atoms with Crippen molar-refractivity contribution in [2.45, 2.75) is 6.54 Å². The summed E-state index contributed by atoms with van der Waals surface area (Å²) in [4.78, 5) is 14.6. The quantitative estimate of drug-likeness (QED) is 0.663. The lowest BCUT2D eigenvalue weighted by Gasteiger charge is -2.26. The summed E-state index contributed by atoms with van der Waals surface area (Å²) in [6, 6.07) is 12.4. The molecule has 0 aromatic heterocycles. The van der Waals surface area contributed by atoms with Crippen LogP contribution in [0.25, 0.3) is 0 Å². The molecule has 1 aliphatic heterocycles. The van der Waals surface area contributed by atoms with E-state index in [2.05, 4.69) is 10.2 Å². The Hall–Kier alpha value is -2.00. The van der Waals surface area contributed by atoms with E-state index < -0.39 is 9.84 Å². The van der Waals surface area contributed by atoms with E-state index in [1.165, 1.54) is 7.11 Å². The maximum atomic E-state index is 12.5. The van der Waals surface area contributed by atoms with Crippen LogP contribution in [0.15, 0.2) is 42.5 Å². The largest absolute Gasteiger partial charge is 0.495 e. The first-order valence-electron chi connectivity index (χ1n) is 8.63. The normalized spacial score (nSPS) is 15.5. The fourth-order valence-corrected chi connectivity index (χ4v) is 4.27. The van der Waals surface area contributed by atoms with Crippen molar-refractivity contribution in [2.24, 2.45) is 0 Å². The van der Waals surface area contributed by atoms with Gasteiger partial charge >= 0.3 is 0 Å². The van der Waals surface area contributed by atoms with Crippen molar-refractivity contribution < 1.29 is 17.9 Å². The number of ether oxygens (including phenoxy) is 1. The highest BCUT2D eigenvalue weighted by Gasteiger charge is 2.21. The highest BCUT2D eigenvalue weighted by molar-refractivity contribution is 7.91. The summed E-state index contributed by atoms with van der Waals surface area (Å²) < 4.78 is 28.2. The van der Waals surface area contributed by atoms with Gasteiger partial charge in [-0.15, -0.1) is 24.8 Å². The first-order valence-corrected chi connectivity index (χ1v) is 10.4. The van der Waals surface area contributed by atoms with Crippen molar-refractivity contribution in [3.63, 3.8) is 0 Å². The van der Waals surface area contributed by atoms with E-state index in [0.29, 0.717) is 42.3 Å². The van der Waals surface area contributed by atoms with Gasteiger partial charge in [-0.3, -0.25) is 9.69 Å². The minimum absolute atomic E-state index is 0. The van der Waals surface area contributed by atoms with Crippen LogP contribution >= 0.6 is 24.8 Å². The van der Waals surface area contributed by atoms with Crippen molar-refractivity contribution in [1.29, 1.82) is 0 Å². The topological polar surface area (TPSA) is 102 Å². The number of nitrogens with two attached hydrogens (primary N) is 1. The van der Waals surface area contributed by atoms with Gasteiger partial charge in [0.2, 0.25) is 0 Å². The molecule has 7 nitrogen and oxygen atoms in total. The third-order valence-electron chi connectivity index (χ3n) is 4.52. The van der Waals surface area contributed by atoms with Crippen LogP contribution in [-0.2, 0) is 16.4 Å². The number of nitrogen functional groups attached to an aromatic ring is 1. The lowest BCUT2D eigenvalue weighted by atomic mass is 10.1. The Bertz CT molecular complexity index is 940. The number of benzene rings is 2. The van der Waals surface area contributed by atoms with Crippen LogP contribution in [-0.4, -0.2) is 50.9 Å². The third kappa shape index (κ3) is 6.78. The van der Waals surface area contributed by atoms with E-state index in [1.54, 1.807) is 24.3 Å². The Morgan fingerprint density at radius 3 is 2.45 bits per heavy atom. The summed E-state index contributed by atoms with van der Waals surface area (Å²) in [6.07, 6.45) is 0. The van der Waals surface area contributed by atoms with Crippen LogP contribution in [0.1, 0.15) is 15.9 Å². The molecule has 1 fully saturated rings. The highest BCUT2D eigenvalue weighted by atomic mass is 35.5. The van der Waals surface area contributed by atoms with E-state index >= 15 is 0 Å². The standard InChI is InChI=1S/C19H23N3O4S.2ClH/c1-26-18-6-5-16(12-17(18)20)21-19(23)15-4-2-3-14(11-15)13-22-7-9-27(24,25)10-8-22;;/h2-6,11-12H,7-10,13,20H2,1H3,(H,21,23);2*1H. The van der Waals surface area contributed by atoms with E-state index in [1.807, 2.05) is 18.2 Å². The molecule has 10 heteroatoms. The van der Waals surface area contributed by atoms with Crippen molar-refractivity contribution in [3.05, 3.63) is 53.6 Å². The van der Waals surface area contributed by atoms with E-state index in [9.17, 15) is 13.2 Å². The number of nitrogens with one attached hydrogen (secondary N) is 1. The van der Waals surface area contributed by atoms with Gasteiger partial charge in [0.05, 0.1) is 24.3 Å². The lowest BCUT2D eigenvalue weighted by molar-refractivity contribution is 0.102. The molecule has 1 amide bonds. The summed E-state index contributed by atoms with van der Waals surface area (Å²) in [7, 11) is -1.36. The Kier molecular flexibility index (Phi) is 9.22. The van der Waals surface area contributed by atoms with Gasteiger partial charge in [-0.05, 0) is 35.9 Å². The fourth-order valence-electron chi connectivity index (χ4n) is 2.99. The SMILES string of the molecule is COc1ccc(NC(=O)c2cccc(CN3CCS(=O)(=O)CC3)c2)cc1N.Cl.Cl. The number of rotatable bonds is 5. The molecular weight excluding hydrogens is 437 g/mol. The minimum Gasteiger partial charge on any atom is -0.495 e. The van der Waals surface area contributed by atoms with E-state index in [0.717, 1.165) is 5.56 Å². The molecule has 0 unspecified atom stereocenters. The van der Waals surface area contributed by atoms with Gasteiger partial charge < -0.3 is 15.8 Å². The first kappa shape index (κ1) is 25.0. The number of halogens is 2. The van der Waals surface area contributed by atoms with Crippen LogP contribution in [0, 0.1) is 0 Å². The van der Waals surface area contributed by atoms with Gasteiger partial charge in [0.25, 0.3) is 5.91 Å². The van der Waals surface area contributed by atoms with Crippen LogP contribution in [0.2, 0.25) is 0 Å². The molecule has 3 N–H and O–H groups in total. The summed E-state index contributed by atoms with van der Waals surface area (Å²) in [5, 5.41) is 2.82. The van der Waals surface area contributed by atoms with Gasteiger partial charge in [-0.25, -0.2) is 8.42 Å². The average molecular weight is 462 g/mol. The number of hydrogen-bond donors (Lipinski definition) is 2. The Labute approximate surface area is 183 Å². The lowest BCUT2D eigenvalue weighted by Crippen LogP contribution is -2.39. The molecule has 29 heavy (non-hydrogen) atoms. The van der Waals surface area contributed by atoms with Gasteiger partial charge in [0.15, 0.2) is 9.84 Å². The van der Waals surface area contributed by atoms with Gasteiger partial charge in [0.1, 0.15) is 5.75 Å². The summed E-state index contributed by atoms with van der Waals surface area (Å²) >= 11 is 0. The predicted molar refractivity (Wildman–Crippen MR) is 120 cm³/mol. The number of carbonyl (C=O) groups excluding carboxylic acids is 1. The zero-order valence-corrected chi connectivity index (χ0v) is 18.4. The molecule has 1 saturated heterocycles. The van der Waals surface area contributed by atoms with Crippen molar-refractivity contribution in [1.82, 2.24) is 4.90 Å². The molecule has 0 aliphatic carbocycles. The molecule has 0 radical (unpaired) electrons. The third-order valence-corrected chi connectivity index (χ3v) is 6.13. The first-order chi connectivity index (χ1) is 12.9. The Morgan fingerprint density at radius 2 is 1.83 bits per heavy atom. The van der Waals surface area contributed by atoms with Crippen molar-refractivity contribution in [3.8, 4) is 5.75 Å². The molecule has 0 saturated carbocycles. The van der Waals surface area contributed by atoms with Gasteiger partial charge in [0, 0.05) is 30.9 Å². The smallest absolute Gasteiger partial charge is 0.255 e. The number of methoxy groups -OCH3 is 1. The Morgan fingerprint density at radius 1 is 1.14 bits per heavy atom. The van der Waals surface area contributed by atoms with E-state index in [-0.39, 0.29) is 42.2 Å². The average Bonchev–Trinajstić information content (AvgIpc) is 2.64. The summed E-state index contributed by atoms with van der Waals surface area (Å²) in [5.41, 5.74) is 8.41. The number of carbonyl (C=O) groups is 1. The molecule has 0 atom stereocenters. The zero-order chi connectivity index (χ0) is 19.4. The molecule has 3 rings (SSSR count). The van der Waals surface area contributed by atoms with Crippen LogP contribution in [0.5, 0.6) is 5.75 Å². The van der Waals surface area contributed by atoms with Gasteiger partial charge in [-0.2, -0.15) is 0 Å². The van der Waals surface area contributed by atoms with E-state index in [4.69, 9.17) is 10.5 Å². The molecule has 0 bridgehead atoms. The number of sulfone groups is 1. The second kappa shape index (κ2) is 10.7. The number of anilines is 2. The van der Waals surface area contributed by atoms with Crippen LogP contribution in [0.4, 0.5) is 11.4 Å². The highest BCUT2D eigenvalue weighted by Crippen LogP contribution is 2.25. The number of amides is 1. The predicted octanol–water partition coefficient (Wildman–Crippen LogP) is 2.60. The Balaban J connectivity index is 0.00000210. The summed E-state index contributed by atoms with van der Waals surface area (Å²) in [5.74, 6) is 0.694. The second-order valence-electron chi connectivity index (χ2n) is 6.54. The number of hydrogen-bond acceptors (Lipinski definition) is 6. The molecule has 2 aromatic carbocycles. The molecular formula is C19H25Cl2N3O4S.